The smallest absolute Gasteiger partial charge is 0.319 e. The molecule has 5 nitrogen and oxygen atoms in total. The highest BCUT2D eigenvalue weighted by Crippen LogP contribution is 2.24. The van der Waals surface area contributed by atoms with Crippen LogP contribution in [0.2, 0.25) is 0 Å². The molecule has 0 aromatic heterocycles. The van der Waals surface area contributed by atoms with E-state index in [1.165, 1.54) is 12.1 Å². The first kappa shape index (κ1) is 17.0. The van der Waals surface area contributed by atoms with E-state index >= 15 is 0 Å². The first-order valence-electron chi connectivity index (χ1n) is 8.19. The van der Waals surface area contributed by atoms with E-state index in [2.05, 4.69) is 10.6 Å². The molecule has 130 valence electrons. The quantitative estimate of drug-likeness (QED) is 0.896. The van der Waals surface area contributed by atoms with Gasteiger partial charge in [-0.05, 0) is 48.9 Å². The number of halogens is 1. The monoisotopic (exact) mass is 341 g/mol. The first-order valence-corrected chi connectivity index (χ1v) is 8.19. The Kier molecular flexibility index (Phi) is 4.97. The molecule has 6 heteroatoms. The Labute approximate surface area is 145 Å². The summed E-state index contributed by atoms with van der Waals surface area (Å²) in [5.74, 6) is -0.320. The van der Waals surface area contributed by atoms with Crippen LogP contribution in [0.1, 0.15) is 12.0 Å². The van der Waals surface area contributed by atoms with Crippen molar-refractivity contribution in [1.82, 2.24) is 5.32 Å². The van der Waals surface area contributed by atoms with Gasteiger partial charge in [0.15, 0.2) is 0 Å². The van der Waals surface area contributed by atoms with Gasteiger partial charge in [-0.1, -0.05) is 12.1 Å². The van der Waals surface area contributed by atoms with Crippen molar-refractivity contribution in [3.63, 3.8) is 0 Å². The zero-order valence-electron chi connectivity index (χ0n) is 14.0. The molecule has 3 rings (SSSR count). The summed E-state index contributed by atoms with van der Waals surface area (Å²) in [7, 11) is 0. The lowest BCUT2D eigenvalue weighted by atomic mass is 10.1. The number of hydrogen-bond acceptors (Lipinski definition) is 2. The van der Waals surface area contributed by atoms with Crippen LogP contribution in [-0.4, -0.2) is 25.0 Å². The second-order valence-corrected chi connectivity index (χ2v) is 6.26. The molecule has 0 radical (unpaired) electrons. The normalized spacial score (nSPS) is 16.8. The molecule has 2 aromatic carbocycles. The summed E-state index contributed by atoms with van der Waals surface area (Å²) in [6.07, 6.45) is 0.363. The van der Waals surface area contributed by atoms with E-state index in [0.717, 1.165) is 11.3 Å². The number of aryl methyl sites for hydroxylation is 1. The fourth-order valence-electron chi connectivity index (χ4n) is 2.92. The summed E-state index contributed by atoms with van der Waals surface area (Å²) in [5.41, 5.74) is 2.47. The van der Waals surface area contributed by atoms with E-state index in [4.69, 9.17) is 0 Å². The van der Waals surface area contributed by atoms with Gasteiger partial charge in [-0.15, -0.1) is 0 Å². The van der Waals surface area contributed by atoms with Crippen molar-refractivity contribution in [2.24, 2.45) is 5.92 Å². The van der Waals surface area contributed by atoms with Crippen molar-refractivity contribution < 1.29 is 14.0 Å². The number of nitrogens with zero attached hydrogens (tertiary/aromatic N) is 1. The third-order valence-corrected chi connectivity index (χ3v) is 4.17. The number of urea groups is 1. The van der Waals surface area contributed by atoms with Crippen molar-refractivity contribution in [3.05, 3.63) is 59.9 Å². The number of carbonyl (C=O) groups excluding carboxylic acids is 2. The number of hydrogen-bond donors (Lipinski definition) is 2. The highest BCUT2D eigenvalue weighted by atomic mass is 19.1. The average molecular weight is 341 g/mol. The summed E-state index contributed by atoms with van der Waals surface area (Å²) >= 11 is 0. The summed E-state index contributed by atoms with van der Waals surface area (Å²) in [6.45, 7) is 2.87. The fourth-order valence-corrected chi connectivity index (χ4v) is 2.92. The molecule has 2 N–H and O–H groups in total. The highest BCUT2D eigenvalue weighted by Gasteiger charge is 2.30. The van der Waals surface area contributed by atoms with Gasteiger partial charge in [0.1, 0.15) is 5.82 Å². The molecular formula is C19H20FN3O2. The van der Waals surface area contributed by atoms with E-state index < -0.39 is 0 Å². The molecule has 1 heterocycles. The van der Waals surface area contributed by atoms with E-state index in [1.807, 2.05) is 31.2 Å². The molecule has 1 aliphatic rings. The van der Waals surface area contributed by atoms with E-state index in [0.29, 0.717) is 25.2 Å². The van der Waals surface area contributed by atoms with Crippen molar-refractivity contribution in [3.8, 4) is 0 Å². The van der Waals surface area contributed by atoms with Crippen LogP contribution in [0.25, 0.3) is 0 Å². The topological polar surface area (TPSA) is 61.4 Å². The van der Waals surface area contributed by atoms with Gasteiger partial charge >= 0.3 is 6.03 Å². The minimum absolute atomic E-state index is 0.0162. The molecule has 2 aromatic rings. The van der Waals surface area contributed by atoms with Crippen molar-refractivity contribution in [2.75, 3.05) is 23.3 Å². The SMILES string of the molecule is Cc1cccc(NC(=O)NC[C@H]2CC(=O)N(c3ccc(F)cc3)C2)c1. The minimum atomic E-state index is -0.332. The molecule has 3 amide bonds. The zero-order chi connectivity index (χ0) is 17.8. The molecule has 25 heavy (non-hydrogen) atoms. The van der Waals surface area contributed by atoms with Crippen LogP contribution < -0.4 is 15.5 Å². The molecule has 1 saturated heterocycles. The van der Waals surface area contributed by atoms with Gasteiger partial charge in [0.2, 0.25) is 5.91 Å². The van der Waals surface area contributed by atoms with Crippen LogP contribution in [0.4, 0.5) is 20.6 Å². The Morgan fingerprint density at radius 2 is 2.00 bits per heavy atom. The zero-order valence-corrected chi connectivity index (χ0v) is 14.0. The molecule has 0 saturated carbocycles. The van der Waals surface area contributed by atoms with Crippen molar-refractivity contribution >= 4 is 23.3 Å². The lowest BCUT2D eigenvalue weighted by molar-refractivity contribution is -0.117. The maximum absolute atomic E-state index is 13.0. The molecule has 1 fully saturated rings. The molecule has 0 aliphatic carbocycles. The fraction of sp³-hybridized carbons (Fsp3) is 0.263. The van der Waals surface area contributed by atoms with Crippen LogP contribution in [0.3, 0.4) is 0 Å². The summed E-state index contributed by atoms with van der Waals surface area (Å²) in [4.78, 5) is 25.8. The van der Waals surface area contributed by atoms with Gasteiger partial charge < -0.3 is 15.5 Å². The van der Waals surface area contributed by atoms with E-state index in [-0.39, 0.29) is 23.7 Å². The van der Waals surface area contributed by atoms with E-state index in [9.17, 15) is 14.0 Å². The summed E-state index contributed by atoms with van der Waals surface area (Å²) in [5, 5.41) is 5.58. The third kappa shape index (κ3) is 4.35. The molecule has 1 aliphatic heterocycles. The maximum Gasteiger partial charge on any atom is 0.319 e. The van der Waals surface area contributed by atoms with Gasteiger partial charge in [0.05, 0.1) is 0 Å². The van der Waals surface area contributed by atoms with Crippen LogP contribution in [0, 0.1) is 18.7 Å². The molecule has 0 bridgehead atoms. The number of amides is 3. The van der Waals surface area contributed by atoms with Gasteiger partial charge in [-0.3, -0.25) is 4.79 Å². The van der Waals surface area contributed by atoms with Crippen LogP contribution in [0.15, 0.2) is 48.5 Å². The summed E-state index contributed by atoms with van der Waals surface area (Å²) in [6, 6.07) is 13.1. The van der Waals surface area contributed by atoms with Crippen LogP contribution in [0.5, 0.6) is 0 Å². The molecule has 0 unspecified atom stereocenters. The number of rotatable bonds is 4. The van der Waals surface area contributed by atoms with Crippen molar-refractivity contribution in [1.29, 1.82) is 0 Å². The molecule has 1 atom stereocenters. The largest absolute Gasteiger partial charge is 0.338 e. The Morgan fingerprint density at radius 1 is 1.24 bits per heavy atom. The summed E-state index contributed by atoms with van der Waals surface area (Å²) < 4.78 is 13.0. The van der Waals surface area contributed by atoms with Crippen LogP contribution in [-0.2, 0) is 4.79 Å². The number of carbonyl (C=O) groups is 2. The second-order valence-electron chi connectivity index (χ2n) is 6.26. The predicted molar refractivity (Wildman–Crippen MR) is 95.1 cm³/mol. The Hall–Kier alpha value is -2.89. The van der Waals surface area contributed by atoms with Gasteiger partial charge in [-0.25, -0.2) is 9.18 Å². The predicted octanol–water partition coefficient (Wildman–Crippen LogP) is 3.31. The minimum Gasteiger partial charge on any atom is -0.338 e. The van der Waals surface area contributed by atoms with E-state index in [1.54, 1.807) is 17.0 Å². The number of benzene rings is 2. The van der Waals surface area contributed by atoms with Gasteiger partial charge in [0.25, 0.3) is 0 Å². The molecular weight excluding hydrogens is 321 g/mol. The Bertz CT molecular complexity index is 776. The van der Waals surface area contributed by atoms with Gasteiger partial charge in [0, 0.05) is 36.8 Å². The Balaban J connectivity index is 1.51. The van der Waals surface area contributed by atoms with Gasteiger partial charge in [-0.2, -0.15) is 0 Å². The third-order valence-electron chi connectivity index (χ3n) is 4.17. The lowest BCUT2D eigenvalue weighted by Gasteiger charge is -2.17. The second kappa shape index (κ2) is 7.34. The van der Waals surface area contributed by atoms with Crippen molar-refractivity contribution in [2.45, 2.75) is 13.3 Å². The number of nitrogens with one attached hydrogen (secondary N) is 2. The first-order chi connectivity index (χ1) is 12.0. The Morgan fingerprint density at radius 3 is 2.72 bits per heavy atom. The van der Waals surface area contributed by atoms with Crippen LogP contribution >= 0.6 is 0 Å². The maximum atomic E-state index is 13.0. The molecule has 0 spiro atoms. The standard InChI is InChI=1S/C19H20FN3O2/c1-13-3-2-4-16(9-13)22-19(25)21-11-14-10-18(24)23(12-14)17-7-5-15(20)6-8-17/h2-9,14H,10-12H2,1H3,(H2,21,22,25)/t14-/m1/s1. The number of anilines is 2. The lowest BCUT2D eigenvalue weighted by Crippen LogP contribution is -2.34. The highest BCUT2D eigenvalue weighted by molar-refractivity contribution is 5.96. The average Bonchev–Trinajstić information content (AvgIpc) is 2.95.